The highest BCUT2D eigenvalue weighted by Gasteiger charge is 2.20. The molecule has 0 atom stereocenters. The van der Waals surface area contributed by atoms with Gasteiger partial charge in [-0.3, -0.25) is 15.1 Å². The van der Waals surface area contributed by atoms with Gasteiger partial charge in [0.15, 0.2) is 0 Å². The first-order valence-corrected chi connectivity index (χ1v) is 7.61. The molecule has 0 saturated carbocycles. The Hall–Kier alpha value is -2.84. The Labute approximate surface area is 142 Å². The standard InChI is InChI=1S/C19H21N3O2/c1-13-8-9-16(11-17(13)22(4)24)21-18(23)14-6-5-7-15(10-14)19(2,3)12-20/h5-11,24H,1-4H3,(H,21,23). The number of hydroxylamine groups is 1. The van der Waals surface area contributed by atoms with Crippen LogP contribution >= 0.6 is 0 Å². The van der Waals surface area contributed by atoms with Gasteiger partial charge >= 0.3 is 0 Å². The van der Waals surface area contributed by atoms with Crippen LogP contribution in [-0.4, -0.2) is 18.2 Å². The van der Waals surface area contributed by atoms with E-state index in [1.54, 1.807) is 30.3 Å². The Morgan fingerprint density at radius 1 is 1.25 bits per heavy atom. The second-order valence-corrected chi connectivity index (χ2v) is 6.30. The molecule has 2 aromatic rings. The summed E-state index contributed by atoms with van der Waals surface area (Å²) in [5.41, 5.74) is 2.72. The number of hydrogen-bond acceptors (Lipinski definition) is 4. The molecular formula is C19H21N3O2. The molecule has 0 aliphatic heterocycles. The number of rotatable bonds is 4. The molecule has 0 aromatic heterocycles. The highest BCUT2D eigenvalue weighted by atomic mass is 16.5. The second-order valence-electron chi connectivity index (χ2n) is 6.30. The van der Waals surface area contributed by atoms with Crippen molar-refractivity contribution in [3.8, 4) is 6.07 Å². The van der Waals surface area contributed by atoms with Crippen LogP contribution in [0.1, 0.15) is 35.3 Å². The van der Waals surface area contributed by atoms with E-state index in [0.29, 0.717) is 16.9 Å². The lowest BCUT2D eigenvalue weighted by atomic mass is 9.85. The average Bonchev–Trinajstić information content (AvgIpc) is 2.56. The van der Waals surface area contributed by atoms with Gasteiger partial charge in [-0.15, -0.1) is 0 Å². The molecule has 5 nitrogen and oxygen atoms in total. The molecule has 0 aliphatic rings. The van der Waals surface area contributed by atoms with Crippen LogP contribution in [0.4, 0.5) is 11.4 Å². The molecule has 2 rings (SSSR count). The zero-order chi connectivity index (χ0) is 17.9. The number of nitrogens with zero attached hydrogens (tertiary/aromatic N) is 2. The van der Waals surface area contributed by atoms with Gasteiger partial charge < -0.3 is 5.32 Å². The van der Waals surface area contributed by atoms with Gasteiger partial charge in [0.1, 0.15) is 0 Å². The largest absolute Gasteiger partial charge is 0.322 e. The molecule has 5 heteroatoms. The van der Waals surface area contributed by atoms with Crippen LogP contribution in [-0.2, 0) is 5.41 Å². The minimum Gasteiger partial charge on any atom is -0.322 e. The molecule has 0 saturated heterocycles. The summed E-state index contributed by atoms with van der Waals surface area (Å²) in [6.45, 7) is 5.50. The molecule has 0 heterocycles. The molecule has 0 spiro atoms. The predicted octanol–water partition coefficient (Wildman–Crippen LogP) is 3.87. The lowest BCUT2D eigenvalue weighted by molar-refractivity contribution is 0.102. The van der Waals surface area contributed by atoms with Crippen molar-refractivity contribution in [3.05, 3.63) is 59.2 Å². The lowest BCUT2D eigenvalue weighted by Gasteiger charge is -2.17. The highest BCUT2D eigenvalue weighted by Crippen LogP contribution is 2.25. The van der Waals surface area contributed by atoms with Crippen molar-refractivity contribution in [1.82, 2.24) is 0 Å². The first kappa shape index (κ1) is 17.5. The number of aryl methyl sites for hydroxylation is 1. The lowest BCUT2D eigenvalue weighted by Crippen LogP contribution is -2.17. The van der Waals surface area contributed by atoms with Gasteiger partial charge in [0.25, 0.3) is 5.91 Å². The molecule has 0 bridgehead atoms. The van der Waals surface area contributed by atoms with Crippen molar-refractivity contribution in [2.24, 2.45) is 0 Å². The monoisotopic (exact) mass is 323 g/mol. The van der Waals surface area contributed by atoms with Gasteiger partial charge in [0, 0.05) is 18.3 Å². The third kappa shape index (κ3) is 3.73. The SMILES string of the molecule is Cc1ccc(NC(=O)c2cccc(C(C)(C)C#N)c2)cc1N(C)O. The summed E-state index contributed by atoms with van der Waals surface area (Å²) in [6.07, 6.45) is 0. The van der Waals surface area contributed by atoms with Crippen molar-refractivity contribution in [2.45, 2.75) is 26.2 Å². The van der Waals surface area contributed by atoms with E-state index in [9.17, 15) is 15.3 Å². The van der Waals surface area contributed by atoms with Crippen molar-refractivity contribution in [3.63, 3.8) is 0 Å². The minimum atomic E-state index is -0.660. The zero-order valence-corrected chi connectivity index (χ0v) is 14.3. The van der Waals surface area contributed by atoms with Crippen molar-refractivity contribution in [1.29, 1.82) is 5.26 Å². The molecule has 2 N–H and O–H groups in total. The van der Waals surface area contributed by atoms with Crippen LogP contribution in [0.25, 0.3) is 0 Å². The van der Waals surface area contributed by atoms with Gasteiger partial charge in [-0.25, -0.2) is 0 Å². The van der Waals surface area contributed by atoms with Gasteiger partial charge in [-0.1, -0.05) is 18.2 Å². The van der Waals surface area contributed by atoms with E-state index in [-0.39, 0.29) is 5.91 Å². The average molecular weight is 323 g/mol. The van der Waals surface area contributed by atoms with Crippen molar-refractivity contribution >= 4 is 17.3 Å². The summed E-state index contributed by atoms with van der Waals surface area (Å²) < 4.78 is 0. The minimum absolute atomic E-state index is 0.263. The van der Waals surface area contributed by atoms with Crippen LogP contribution in [0, 0.1) is 18.3 Å². The molecule has 1 amide bonds. The summed E-state index contributed by atoms with van der Waals surface area (Å²) in [5.74, 6) is -0.263. The Kier molecular flexibility index (Phi) is 4.91. The van der Waals surface area contributed by atoms with Crippen LogP contribution in [0.15, 0.2) is 42.5 Å². The Bertz CT molecular complexity index is 804. The summed E-state index contributed by atoms with van der Waals surface area (Å²) in [7, 11) is 1.53. The molecular weight excluding hydrogens is 302 g/mol. The van der Waals surface area contributed by atoms with Crippen molar-refractivity contribution in [2.75, 3.05) is 17.4 Å². The maximum absolute atomic E-state index is 12.5. The fourth-order valence-electron chi connectivity index (χ4n) is 2.35. The summed E-state index contributed by atoms with van der Waals surface area (Å²) in [4.78, 5) is 12.5. The van der Waals surface area contributed by atoms with Gasteiger partial charge in [0.2, 0.25) is 0 Å². The van der Waals surface area contributed by atoms with Crippen LogP contribution in [0.2, 0.25) is 0 Å². The van der Waals surface area contributed by atoms with Gasteiger partial charge in [-0.2, -0.15) is 5.26 Å². The molecule has 2 aromatic carbocycles. The highest BCUT2D eigenvalue weighted by molar-refractivity contribution is 6.04. The van der Waals surface area contributed by atoms with Gasteiger partial charge in [-0.05, 0) is 56.2 Å². The molecule has 0 fully saturated rings. The van der Waals surface area contributed by atoms with E-state index < -0.39 is 5.41 Å². The van der Waals surface area contributed by atoms with E-state index in [1.807, 2.05) is 32.9 Å². The van der Waals surface area contributed by atoms with E-state index in [4.69, 9.17) is 0 Å². The number of carbonyl (C=O) groups is 1. The number of nitriles is 1. The summed E-state index contributed by atoms with van der Waals surface area (Å²) >= 11 is 0. The van der Waals surface area contributed by atoms with Crippen LogP contribution < -0.4 is 10.4 Å². The van der Waals surface area contributed by atoms with Crippen LogP contribution in [0.5, 0.6) is 0 Å². The number of hydrogen-bond donors (Lipinski definition) is 2. The molecule has 0 aliphatic carbocycles. The fourth-order valence-corrected chi connectivity index (χ4v) is 2.35. The zero-order valence-electron chi connectivity index (χ0n) is 14.3. The first-order valence-electron chi connectivity index (χ1n) is 7.61. The second kappa shape index (κ2) is 6.73. The Morgan fingerprint density at radius 3 is 2.58 bits per heavy atom. The molecule has 124 valence electrons. The number of nitrogens with one attached hydrogen (secondary N) is 1. The van der Waals surface area contributed by atoms with E-state index in [1.165, 1.54) is 7.05 Å². The molecule has 0 radical (unpaired) electrons. The first-order chi connectivity index (χ1) is 11.2. The van der Waals surface area contributed by atoms with Crippen molar-refractivity contribution < 1.29 is 10.0 Å². The number of carbonyl (C=O) groups excluding carboxylic acids is 1. The van der Waals surface area contributed by atoms with Gasteiger partial charge in [0.05, 0.1) is 17.2 Å². The Balaban J connectivity index is 2.27. The smallest absolute Gasteiger partial charge is 0.255 e. The van der Waals surface area contributed by atoms with E-state index in [0.717, 1.165) is 16.2 Å². The number of amides is 1. The third-order valence-electron chi connectivity index (χ3n) is 3.94. The Morgan fingerprint density at radius 2 is 1.96 bits per heavy atom. The quantitative estimate of drug-likeness (QED) is 0.837. The summed E-state index contributed by atoms with van der Waals surface area (Å²) in [5, 5.41) is 22.7. The molecule has 0 unspecified atom stereocenters. The maximum Gasteiger partial charge on any atom is 0.255 e. The van der Waals surface area contributed by atoms with E-state index in [2.05, 4.69) is 11.4 Å². The normalized spacial score (nSPS) is 10.8. The summed E-state index contributed by atoms with van der Waals surface area (Å²) in [6, 6.07) is 14.6. The fraction of sp³-hybridized carbons (Fsp3) is 0.263. The molecule has 24 heavy (non-hydrogen) atoms. The van der Waals surface area contributed by atoms with E-state index >= 15 is 0 Å². The predicted molar refractivity (Wildman–Crippen MR) is 94.4 cm³/mol. The van der Waals surface area contributed by atoms with Crippen LogP contribution in [0.3, 0.4) is 0 Å². The number of benzene rings is 2. The maximum atomic E-state index is 12.5. The topological polar surface area (TPSA) is 76.4 Å². The third-order valence-corrected chi connectivity index (χ3v) is 3.94. The number of anilines is 2.